The molecule has 3 aromatic rings. The number of ether oxygens (including phenoxy) is 1. The highest BCUT2D eigenvalue weighted by molar-refractivity contribution is 5.92. The van der Waals surface area contributed by atoms with Crippen molar-refractivity contribution in [2.45, 2.75) is 51.2 Å². The van der Waals surface area contributed by atoms with Crippen molar-refractivity contribution < 1.29 is 9.53 Å². The summed E-state index contributed by atoms with van der Waals surface area (Å²) in [6, 6.07) is 15.3. The Labute approximate surface area is 205 Å². The number of anilines is 1. The summed E-state index contributed by atoms with van der Waals surface area (Å²) in [4.78, 5) is 19.5. The molecular weight excluding hydrogens is 440 g/mol. The first-order valence-corrected chi connectivity index (χ1v) is 12.1. The third kappa shape index (κ3) is 5.24. The van der Waals surface area contributed by atoms with Crippen molar-refractivity contribution in [3.8, 4) is 11.8 Å². The molecule has 1 saturated heterocycles. The number of nitriles is 1. The number of nitrogens with zero attached hydrogens (tertiary/aromatic N) is 5. The van der Waals surface area contributed by atoms with E-state index >= 15 is 0 Å². The van der Waals surface area contributed by atoms with Crippen LogP contribution in [0.3, 0.4) is 0 Å². The van der Waals surface area contributed by atoms with Crippen molar-refractivity contribution in [1.29, 1.82) is 5.26 Å². The van der Waals surface area contributed by atoms with Crippen LogP contribution in [-0.4, -0.2) is 46.3 Å². The van der Waals surface area contributed by atoms with Gasteiger partial charge in [0, 0.05) is 43.9 Å². The summed E-state index contributed by atoms with van der Waals surface area (Å²) in [7, 11) is 0. The van der Waals surface area contributed by atoms with Gasteiger partial charge in [-0.1, -0.05) is 12.1 Å². The highest BCUT2D eigenvalue weighted by atomic mass is 16.5. The van der Waals surface area contributed by atoms with E-state index in [9.17, 15) is 4.79 Å². The number of hydrogen-bond donors (Lipinski definition) is 1. The van der Waals surface area contributed by atoms with Gasteiger partial charge in [0.1, 0.15) is 11.9 Å². The lowest BCUT2D eigenvalue weighted by Crippen LogP contribution is -2.40. The van der Waals surface area contributed by atoms with Crippen LogP contribution in [0.15, 0.2) is 48.7 Å². The fraction of sp³-hybridized carbons (Fsp3) is 0.370. The second kappa shape index (κ2) is 10.1. The number of pyridine rings is 1. The molecule has 8 nitrogen and oxygen atoms in total. The second-order valence-electron chi connectivity index (χ2n) is 9.20. The van der Waals surface area contributed by atoms with Crippen molar-refractivity contribution in [2.24, 2.45) is 0 Å². The number of nitrogens with one attached hydrogen (secondary N) is 1. The zero-order valence-electron chi connectivity index (χ0n) is 19.8. The molecule has 178 valence electrons. The van der Waals surface area contributed by atoms with Crippen LogP contribution in [0, 0.1) is 18.3 Å². The Balaban J connectivity index is 1.17. The molecule has 1 aliphatic carbocycles. The molecule has 0 spiro atoms. The molecule has 1 aromatic carbocycles. The lowest BCUT2D eigenvalue weighted by atomic mass is 9.92. The van der Waals surface area contributed by atoms with Gasteiger partial charge >= 0.3 is 0 Å². The first kappa shape index (κ1) is 22.8. The van der Waals surface area contributed by atoms with Crippen LogP contribution in [0.4, 0.5) is 5.82 Å². The van der Waals surface area contributed by atoms with Gasteiger partial charge in [-0.2, -0.15) is 5.26 Å². The number of benzene rings is 1. The number of fused-ring (bicyclic) bond motifs is 1. The predicted octanol–water partition coefficient (Wildman–Crippen LogP) is 3.39. The minimum absolute atomic E-state index is 0.0777. The molecule has 1 aliphatic heterocycles. The van der Waals surface area contributed by atoms with Gasteiger partial charge in [-0.05, 0) is 67.6 Å². The van der Waals surface area contributed by atoms with E-state index in [2.05, 4.69) is 37.5 Å². The topological polar surface area (TPSA) is 104 Å². The lowest BCUT2D eigenvalue weighted by molar-refractivity contribution is 0.0927. The second-order valence-corrected chi connectivity index (χ2v) is 9.20. The molecule has 1 N–H and O–H groups in total. The molecule has 0 radical (unpaired) electrons. The van der Waals surface area contributed by atoms with E-state index < -0.39 is 0 Å². The first-order chi connectivity index (χ1) is 17.1. The normalized spacial score (nSPS) is 17.8. The van der Waals surface area contributed by atoms with Crippen molar-refractivity contribution >= 4 is 11.7 Å². The standard InChI is InChI=1S/C27H28N6O2/c1-18-14-25(27(34)30-21-7-8-24-20(16-21)5-3-11-29-24)31-32-26(18)33-12-9-22(10-13-33)35-23-6-2-4-19(15-23)17-28/h2-6,11,14-15,21-22H,7-10,12-13,16H2,1H3,(H,30,34)/t21-/m0/s1. The SMILES string of the molecule is Cc1cc(C(=O)N[C@H]2CCc3ncccc3C2)nnc1N1CCC(Oc2cccc(C#N)c2)CC1. The molecule has 1 atom stereocenters. The number of piperidine rings is 1. The molecule has 1 amide bonds. The van der Waals surface area contributed by atoms with Crippen LogP contribution in [-0.2, 0) is 12.8 Å². The smallest absolute Gasteiger partial charge is 0.272 e. The summed E-state index contributed by atoms with van der Waals surface area (Å²) in [5, 5.41) is 20.9. The quantitative estimate of drug-likeness (QED) is 0.612. The zero-order valence-corrected chi connectivity index (χ0v) is 19.8. The van der Waals surface area contributed by atoms with Gasteiger partial charge in [0.25, 0.3) is 5.91 Å². The van der Waals surface area contributed by atoms with Crippen LogP contribution in [0.5, 0.6) is 5.75 Å². The molecule has 5 rings (SSSR count). The Bertz CT molecular complexity index is 1260. The highest BCUT2D eigenvalue weighted by Crippen LogP contribution is 2.25. The largest absolute Gasteiger partial charge is 0.490 e. The van der Waals surface area contributed by atoms with Crippen molar-refractivity contribution in [1.82, 2.24) is 20.5 Å². The molecule has 0 saturated carbocycles. The van der Waals surface area contributed by atoms with E-state index in [1.54, 1.807) is 12.1 Å². The summed E-state index contributed by atoms with van der Waals surface area (Å²) in [6.45, 7) is 3.55. The fourth-order valence-corrected chi connectivity index (χ4v) is 4.86. The maximum atomic E-state index is 12.8. The summed E-state index contributed by atoms with van der Waals surface area (Å²) in [6.07, 6.45) is 6.14. The van der Waals surface area contributed by atoms with Crippen molar-refractivity contribution in [3.63, 3.8) is 0 Å². The first-order valence-electron chi connectivity index (χ1n) is 12.1. The van der Waals surface area contributed by atoms with Gasteiger partial charge in [-0.25, -0.2) is 0 Å². The van der Waals surface area contributed by atoms with E-state index in [0.717, 1.165) is 68.0 Å². The molecule has 2 aliphatic rings. The average Bonchev–Trinajstić information content (AvgIpc) is 2.89. The van der Waals surface area contributed by atoms with Crippen LogP contribution < -0.4 is 15.0 Å². The molecular formula is C27H28N6O2. The Morgan fingerprint density at radius 1 is 1.14 bits per heavy atom. The number of aryl methyl sites for hydroxylation is 2. The van der Waals surface area contributed by atoms with Crippen LogP contribution in [0.1, 0.15) is 52.1 Å². The Hall–Kier alpha value is -3.99. The monoisotopic (exact) mass is 468 g/mol. The maximum Gasteiger partial charge on any atom is 0.272 e. The van der Waals surface area contributed by atoms with Gasteiger partial charge < -0.3 is 15.0 Å². The van der Waals surface area contributed by atoms with E-state index in [4.69, 9.17) is 10.00 Å². The molecule has 3 heterocycles. The minimum atomic E-state index is -0.184. The molecule has 2 aromatic heterocycles. The van der Waals surface area contributed by atoms with Gasteiger partial charge in [-0.15, -0.1) is 10.2 Å². The summed E-state index contributed by atoms with van der Waals surface area (Å²) in [5.74, 6) is 1.35. The van der Waals surface area contributed by atoms with Gasteiger partial charge in [0.2, 0.25) is 0 Å². The number of carbonyl (C=O) groups excluding carboxylic acids is 1. The number of hydrogen-bond acceptors (Lipinski definition) is 7. The Morgan fingerprint density at radius 2 is 2.00 bits per heavy atom. The summed E-state index contributed by atoms with van der Waals surface area (Å²) < 4.78 is 6.09. The molecule has 0 bridgehead atoms. The van der Waals surface area contributed by atoms with Gasteiger partial charge in [-0.3, -0.25) is 9.78 Å². The van der Waals surface area contributed by atoms with E-state index in [-0.39, 0.29) is 18.1 Å². The highest BCUT2D eigenvalue weighted by Gasteiger charge is 2.25. The van der Waals surface area contributed by atoms with E-state index in [1.807, 2.05) is 37.4 Å². The average molecular weight is 469 g/mol. The van der Waals surface area contributed by atoms with E-state index in [0.29, 0.717) is 11.3 Å². The molecule has 8 heteroatoms. The summed E-state index contributed by atoms with van der Waals surface area (Å²) >= 11 is 0. The lowest BCUT2D eigenvalue weighted by Gasteiger charge is -2.33. The van der Waals surface area contributed by atoms with Crippen LogP contribution >= 0.6 is 0 Å². The third-order valence-electron chi connectivity index (χ3n) is 6.71. The Kier molecular flexibility index (Phi) is 6.57. The van der Waals surface area contributed by atoms with Gasteiger partial charge in [0.15, 0.2) is 11.5 Å². The number of amides is 1. The third-order valence-corrected chi connectivity index (χ3v) is 6.71. The van der Waals surface area contributed by atoms with Crippen molar-refractivity contribution in [2.75, 3.05) is 18.0 Å². The molecule has 35 heavy (non-hydrogen) atoms. The zero-order chi connectivity index (χ0) is 24.2. The van der Waals surface area contributed by atoms with Crippen molar-refractivity contribution in [3.05, 3.63) is 76.7 Å². The van der Waals surface area contributed by atoms with E-state index in [1.165, 1.54) is 5.56 Å². The fourth-order valence-electron chi connectivity index (χ4n) is 4.86. The van der Waals surface area contributed by atoms with Gasteiger partial charge in [0.05, 0.1) is 11.6 Å². The Morgan fingerprint density at radius 3 is 2.80 bits per heavy atom. The number of rotatable bonds is 5. The minimum Gasteiger partial charge on any atom is -0.490 e. The molecule has 0 unspecified atom stereocenters. The maximum absolute atomic E-state index is 12.8. The number of aromatic nitrogens is 3. The summed E-state index contributed by atoms with van der Waals surface area (Å²) in [5.41, 5.74) is 4.21. The molecule has 1 fully saturated rings. The van der Waals surface area contributed by atoms with Crippen LogP contribution in [0.2, 0.25) is 0 Å². The predicted molar refractivity (Wildman–Crippen MR) is 131 cm³/mol. The van der Waals surface area contributed by atoms with Crippen LogP contribution in [0.25, 0.3) is 0 Å². The number of carbonyl (C=O) groups is 1.